The van der Waals surface area contributed by atoms with Crippen molar-refractivity contribution in [3.63, 3.8) is 0 Å². The predicted octanol–water partition coefficient (Wildman–Crippen LogP) is 2.34. The summed E-state index contributed by atoms with van der Waals surface area (Å²) in [7, 11) is 1.68. The van der Waals surface area contributed by atoms with Crippen LogP contribution in [0.1, 0.15) is 39.8 Å². The van der Waals surface area contributed by atoms with E-state index in [0.717, 1.165) is 11.3 Å². The van der Waals surface area contributed by atoms with Crippen molar-refractivity contribution < 1.29 is 29.0 Å². The number of ether oxygens (including phenoxy) is 1. The number of anilines is 1. The largest absolute Gasteiger partial charge is 0.477 e. The number of nitrogens with zero attached hydrogens (tertiary/aromatic N) is 6. The lowest BCUT2D eigenvalue weighted by atomic mass is 10.0. The second-order valence-electron chi connectivity index (χ2n) is 9.68. The van der Waals surface area contributed by atoms with E-state index in [4.69, 9.17) is 4.74 Å². The summed E-state index contributed by atoms with van der Waals surface area (Å²) >= 11 is 3.78. The van der Waals surface area contributed by atoms with Crippen LogP contribution < -0.4 is 10.6 Å². The van der Waals surface area contributed by atoms with Crippen LogP contribution in [0.4, 0.5) is 9.93 Å². The molecule has 2 aromatic rings. The molecule has 2 atom stereocenters. The van der Waals surface area contributed by atoms with Crippen LogP contribution in [0.3, 0.4) is 0 Å². The number of carbonyl (C=O) groups is 4. The van der Waals surface area contributed by atoms with Gasteiger partial charge < -0.3 is 15.2 Å². The lowest BCUT2D eigenvalue weighted by Gasteiger charge is -2.49. The fraction of sp³-hybridized carbons (Fsp3) is 0.478. The van der Waals surface area contributed by atoms with Gasteiger partial charge in [-0.25, -0.2) is 19.3 Å². The molecule has 4 heterocycles. The van der Waals surface area contributed by atoms with Crippen LogP contribution in [-0.4, -0.2) is 87.6 Å². The highest BCUT2D eigenvalue weighted by Gasteiger charge is 2.54. The van der Waals surface area contributed by atoms with Crippen molar-refractivity contribution in [2.24, 2.45) is 7.05 Å². The van der Waals surface area contributed by atoms with Crippen molar-refractivity contribution in [2.75, 3.05) is 16.8 Å². The van der Waals surface area contributed by atoms with Crippen LogP contribution in [-0.2, 0) is 26.2 Å². The number of thioether (sulfide) groups is 2. The molecule has 214 valence electrons. The van der Waals surface area contributed by atoms with E-state index in [-0.39, 0.29) is 16.4 Å². The van der Waals surface area contributed by atoms with E-state index in [2.05, 4.69) is 31.1 Å². The highest BCUT2D eigenvalue weighted by molar-refractivity contribution is 8.01. The normalized spacial score (nSPS) is 19.2. The molecule has 2 aromatic heterocycles. The molecule has 0 saturated carbocycles. The minimum atomic E-state index is -1.21. The van der Waals surface area contributed by atoms with Gasteiger partial charge in [0, 0.05) is 23.9 Å². The number of carboxylic acids is 1. The summed E-state index contributed by atoms with van der Waals surface area (Å²) < 4.78 is 6.71. The number of aliphatic carboxylic acids is 1. The van der Waals surface area contributed by atoms with Crippen LogP contribution in [0, 0.1) is 0 Å². The van der Waals surface area contributed by atoms with Crippen molar-refractivity contribution in [3.8, 4) is 0 Å². The number of aryl methyl sites for hydroxylation is 1. The highest BCUT2D eigenvalue weighted by atomic mass is 32.2. The summed E-state index contributed by atoms with van der Waals surface area (Å²) in [5.41, 5.74) is 0.383. The summed E-state index contributed by atoms with van der Waals surface area (Å²) in [5.74, 6) is -1.58. The molecule has 1 saturated heterocycles. The van der Waals surface area contributed by atoms with Gasteiger partial charge in [-0.1, -0.05) is 24.8 Å². The molecular weight excluding hydrogens is 581 g/mol. The minimum absolute atomic E-state index is 0.0800. The maximum Gasteiger partial charge on any atom is 0.413 e. The Hall–Kier alpha value is -3.44. The quantitative estimate of drug-likeness (QED) is 0.215. The van der Waals surface area contributed by atoms with E-state index in [9.17, 15) is 24.3 Å². The molecule has 0 bridgehead atoms. The van der Waals surface area contributed by atoms with Gasteiger partial charge in [-0.15, -0.1) is 28.2 Å². The maximum atomic E-state index is 13.3. The molecular formula is C23H28N8O6S3. The molecule has 0 aromatic carbocycles. The Balaban J connectivity index is 1.44. The SMILES string of the molecule is CCC=C(C(=O)NC1C(=O)N2C(C(=O)O)=C(CSc3nnnn3C)CS[C@@H]12)c1csc(NC(=O)OC(C)(C)C)n1. The van der Waals surface area contributed by atoms with E-state index >= 15 is 0 Å². The first-order chi connectivity index (χ1) is 18.9. The number of aromatic nitrogens is 5. The first kappa shape index (κ1) is 29.5. The first-order valence-electron chi connectivity index (χ1n) is 12.1. The number of nitrogens with one attached hydrogen (secondary N) is 2. The van der Waals surface area contributed by atoms with Crippen molar-refractivity contribution in [1.82, 2.24) is 35.4 Å². The summed E-state index contributed by atoms with van der Waals surface area (Å²) in [5, 5.41) is 28.3. The molecule has 0 radical (unpaired) electrons. The van der Waals surface area contributed by atoms with E-state index < -0.39 is 40.9 Å². The van der Waals surface area contributed by atoms with E-state index in [1.165, 1.54) is 33.1 Å². The summed E-state index contributed by atoms with van der Waals surface area (Å²) in [6.45, 7) is 7.08. The van der Waals surface area contributed by atoms with Gasteiger partial charge in [-0.05, 0) is 43.2 Å². The summed E-state index contributed by atoms with van der Waals surface area (Å²) in [6.07, 6.45) is 1.53. The Morgan fingerprint density at radius 3 is 2.70 bits per heavy atom. The predicted molar refractivity (Wildman–Crippen MR) is 149 cm³/mol. The van der Waals surface area contributed by atoms with Crippen molar-refractivity contribution in [1.29, 1.82) is 0 Å². The number of amides is 3. The summed E-state index contributed by atoms with van der Waals surface area (Å²) in [6, 6.07) is -0.901. The molecule has 0 aliphatic carbocycles. The third-order valence-corrected chi connectivity index (χ3v) is 8.73. The lowest BCUT2D eigenvalue weighted by molar-refractivity contribution is -0.150. The fourth-order valence-electron chi connectivity index (χ4n) is 3.87. The van der Waals surface area contributed by atoms with E-state index in [0.29, 0.717) is 34.3 Å². The van der Waals surface area contributed by atoms with Gasteiger partial charge in [0.1, 0.15) is 22.7 Å². The van der Waals surface area contributed by atoms with Gasteiger partial charge in [0.15, 0.2) is 5.13 Å². The van der Waals surface area contributed by atoms with Crippen LogP contribution >= 0.6 is 34.9 Å². The number of carbonyl (C=O) groups excluding carboxylic acids is 3. The zero-order chi connectivity index (χ0) is 29.2. The zero-order valence-electron chi connectivity index (χ0n) is 22.3. The van der Waals surface area contributed by atoms with Crippen LogP contribution in [0.25, 0.3) is 5.57 Å². The van der Waals surface area contributed by atoms with Gasteiger partial charge in [0.2, 0.25) is 5.16 Å². The van der Waals surface area contributed by atoms with Crippen LogP contribution in [0.2, 0.25) is 0 Å². The molecule has 1 unspecified atom stereocenters. The number of tetrazole rings is 1. The van der Waals surface area contributed by atoms with Gasteiger partial charge in [0.05, 0.1) is 11.3 Å². The van der Waals surface area contributed by atoms with Crippen molar-refractivity contribution in [3.05, 3.63) is 28.4 Å². The highest BCUT2D eigenvalue weighted by Crippen LogP contribution is 2.41. The Kier molecular flexibility index (Phi) is 8.84. The molecule has 2 aliphatic rings. The van der Waals surface area contributed by atoms with Gasteiger partial charge in [-0.2, -0.15) is 0 Å². The van der Waals surface area contributed by atoms with Gasteiger partial charge in [0.25, 0.3) is 11.8 Å². The number of carboxylic acid groups (broad SMARTS) is 1. The van der Waals surface area contributed by atoms with Gasteiger partial charge >= 0.3 is 12.1 Å². The molecule has 4 rings (SSSR count). The Bertz CT molecular complexity index is 1390. The zero-order valence-corrected chi connectivity index (χ0v) is 24.8. The van der Waals surface area contributed by atoms with E-state index in [1.807, 2.05) is 6.92 Å². The number of allylic oxidation sites excluding steroid dienone is 1. The molecule has 1 fully saturated rings. The molecule has 3 amide bonds. The number of β-lactam (4-membered cyclic amide) rings is 1. The van der Waals surface area contributed by atoms with E-state index in [1.54, 1.807) is 39.3 Å². The minimum Gasteiger partial charge on any atom is -0.477 e. The Morgan fingerprint density at radius 2 is 2.08 bits per heavy atom. The summed E-state index contributed by atoms with van der Waals surface area (Å²) in [4.78, 5) is 56.1. The molecule has 3 N–H and O–H groups in total. The number of fused-ring (bicyclic) bond motifs is 1. The number of thiazole rings is 1. The maximum absolute atomic E-state index is 13.3. The fourth-order valence-corrected chi connectivity index (χ4v) is 6.90. The molecule has 40 heavy (non-hydrogen) atoms. The lowest BCUT2D eigenvalue weighted by Crippen LogP contribution is -2.70. The molecule has 14 nitrogen and oxygen atoms in total. The van der Waals surface area contributed by atoms with Crippen molar-refractivity contribution in [2.45, 2.75) is 56.3 Å². The third-order valence-electron chi connectivity index (χ3n) is 5.53. The number of rotatable bonds is 9. The standard InChI is InChI=1S/C23H28N8O6S3/c1-6-7-12(13-10-39-20(24-13)26-22(36)37-23(2,3)4)16(32)25-14-17(33)31-15(19(34)35)11(8-38-18(14)31)9-40-21-27-28-29-30(21)5/h7,10,14,18H,6,8-9H2,1-5H3,(H,25,32)(H,34,35)(H,24,26,36)/t14?,18-/m0/s1. The average molecular weight is 609 g/mol. The third kappa shape index (κ3) is 6.47. The molecule has 0 spiro atoms. The van der Waals surface area contributed by atoms with Gasteiger partial charge in [-0.3, -0.25) is 19.8 Å². The van der Waals surface area contributed by atoms with Crippen LogP contribution in [0.15, 0.2) is 27.9 Å². The smallest absolute Gasteiger partial charge is 0.413 e. The molecule has 17 heteroatoms. The Labute approximate surface area is 242 Å². The monoisotopic (exact) mass is 608 g/mol. The first-order valence-corrected chi connectivity index (χ1v) is 15.0. The van der Waals surface area contributed by atoms with Crippen LogP contribution in [0.5, 0.6) is 0 Å². The second kappa shape index (κ2) is 12.0. The van der Waals surface area contributed by atoms with Crippen molar-refractivity contribution >= 4 is 69.4 Å². The number of hydrogen-bond acceptors (Lipinski definition) is 12. The number of hydrogen-bond donors (Lipinski definition) is 3. The topological polar surface area (TPSA) is 182 Å². The Morgan fingerprint density at radius 1 is 1.32 bits per heavy atom. The average Bonchev–Trinajstić information content (AvgIpc) is 3.50. The molecule has 2 aliphatic heterocycles. The second-order valence-corrected chi connectivity index (χ2v) is 12.6.